The van der Waals surface area contributed by atoms with Crippen molar-refractivity contribution in [1.29, 1.82) is 0 Å². The Hall–Kier alpha value is -2.40. The van der Waals surface area contributed by atoms with E-state index in [1.54, 1.807) is 12.1 Å². The Balaban J connectivity index is 2.32. The van der Waals surface area contributed by atoms with Crippen molar-refractivity contribution in [2.75, 3.05) is 0 Å². The summed E-state index contributed by atoms with van der Waals surface area (Å²) in [6.07, 6.45) is 0.232. The fourth-order valence-corrected chi connectivity index (χ4v) is 1.67. The lowest BCUT2D eigenvalue weighted by molar-refractivity contribution is -0.128. The lowest BCUT2D eigenvalue weighted by Crippen LogP contribution is -2.28. The van der Waals surface area contributed by atoms with Crippen LogP contribution in [0.3, 0.4) is 0 Å². The van der Waals surface area contributed by atoms with E-state index in [0.29, 0.717) is 5.56 Å². The summed E-state index contributed by atoms with van der Waals surface area (Å²) in [6, 6.07) is 10.9. The molecule has 0 aliphatic rings. The zero-order valence-electron chi connectivity index (χ0n) is 10.4. The monoisotopic (exact) mass is 258 g/mol. The third-order valence-electron chi connectivity index (χ3n) is 2.70. The maximum Gasteiger partial charge on any atom is 0.268 e. The Morgan fingerprint density at radius 2 is 2.05 bits per heavy atom. The van der Waals surface area contributed by atoms with E-state index in [0.717, 1.165) is 10.8 Å². The molecule has 0 heterocycles. The van der Waals surface area contributed by atoms with Gasteiger partial charge in [0.15, 0.2) is 0 Å². The molecule has 98 valence electrons. The normalized spacial score (nSPS) is 12.7. The molecule has 5 heteroatoms. The molecule has 0 aliphatic heterocycles. The first-order valence-corrected chi connectivity index (χ1v) is 5.81. The Labute approximate surface area is 110 Å². The molecule has 2 rings (SSSR count). The smallest absolute Gasteiger partial charge is 0.268 e. The topological polar surface area (TPSA) is 81.9 Å². The Kier molecular flexibility index (Phi) is 3.77. The number of fused-ring (bicyclic) bond motifs is 1. The third-order valence-corrected chi connectivity index (χ3v) is 2.70. The van der Waals surface area contributed by atoms with Crippen LogP contribution in [0.15, 0.2) is 41.5 Å². The van der Waals surface area contributed by atoms with E-state index in [2.05, 4.69) is 10.5 Å². The number of aliphatic hydroxyl groups is 1. The molecule has 0 saturated carbocycles. The number of carbonyl (C=O) groups is 1. The molecule has 1 amide bonds. The van der Waals surface area contributed by atoms with Crippen molar-refractivity contribution in [2.24, 2.45) is 5.10 Å². The molecular weight excluding hydrogens is 244 g/mol. The van der Waals surface area contributed by atoms with Crippen LogP contribution in [-0.2, 0) is 4.79 Å². The van der Waals surface area contributed by atoms with E-state index >= 15 is 0 Å². The molecule has 2 aromatic carbocycles. The number of aromatic hydroxyl groups is 1. The molecule has 3 N–H and O–H groups in total. The highest BCUT2D eigenvalue weighted by atomic mass is 16.3. The predicted molar refractivity (Wildman–Crippen MR) is 73.0 cm³/mol. The average Bonchev–Trinajstić information content (AvgIpc) is 2.41. The number of hydrogen-bond acceptors (Lipinski definition) is 4. The Morgan fingerprint density at radius 3 is 2.79 bits per heavy atom. The highest BCUT2D eigenvalue weighted by Crippen LogP contribution is 2.25. The minimum Gasteiger partial charge on any atom is -0.507 e. The van der Waals surface area contributed by atoms with E-state index in [1.165, 1.54) is 13.1 Å². The maximum atomic E-state index is 11.1. The van der Waals surface area contributed by atoms with Gasteiger partial charge in [-0.05, 0) is 23.8 Å². The number of benzene rings is 2. The van der Waals surface area contributed by atoms with Crippen LogP contribution in [0.1, 0.15) is 12.5 Å². The first-order chi connectivity index (χ1) is 9.09. The molecule has 0 fully saturated rings. The molecule has 2 aromatic rings. The van der Waals surface area contributed by atoms with Crippen molar-refractivity contribution in [2.45, 2.75) is 13.0 Å². The van der Waals surface area contributed by atoms with Gasteiger partial charge in [0.2, 0.25) is 0 Å². The van der Waals surface area contributed by atoms with Gasteiger partial charge in [-0.15, -0.1) is 0 Å². The van der Waals surface area contributed by atoms with Gasteiger partial charge < -0.3 is 10.2 Å². The number of phenolic OH excluding ortho intramolecular Hbond substituents is 1. The molecule has 0 aromatic heterocycles. The molecular formula is C14H14N2O3. The molecule has 19 heavy (non-hydrogen) atoms. The van der Waals surface area contributed by atoms with Gasteiger partial charge in [0.05, 0.1) is 6.21 Å². The highest BCUT2D eigenvalue weighted by Gasteiger charge is 2.07. The maximum absolute atomic E-state index is 11.1. The minimum atomic E-state index is -1.13. The number of hydrogen-bond donors (Lipinski definition) is 3. The molecule has 0 unspecified atom stereocenters. The van der Waals surface area contributed by atoms with Gasteiger partial charge in [0, 0.05) is 5.56 Å². The number of phenols is 1. The average molecular weight is 258 g/mol. The second kappa shape index (κ2) is 5.49. The second-order valence-corrected chi connectivity index (χ2v) is 4.13. The number of hydrazone groups is 1. The van der Waals surface area contributed by atoms with Crippen molar-refractivity contribution < 1.29 is 15.0 Å². The molecule has 5 nitrogen and oxygen atoms in total. The summed E-state index contributed by atoms with van der Waals surface area (Å²) in [5, 5.41) is 24.4. The number of carbonyl (C=O) groups excluding carboxylic acids is 1. The summed E-state index contributed by atoms with van der Waals surface area (Å²) in [5.74, 6) is -0.523. The van der Waals surface area contributed by atoms with Crippen LogP contribution in [0.4, 0.5) is 0 Å². The van der Waals surface area contributed by atoms with E-state index < -0.39 is 12.0 Å². The number of aliphatic hydroxyl groups excluding tert-OH is 1. The van der Waals surface area contributed by atoms with Crippen LogP contribution in [0.2, 0.25) is 0 Å². The molecule has 0 spiro atoms. The van der Waals surface area contributed by atoms with E-state index in [4.69, 9.17) is 5.11 Å². The van der Waals surface area contributed by atoms with E-state index in [1.807, 2.05) is 24.3 Å². The summed E-state index contributed by atoms with van der Waals surface area (Å²) in [6.45, 7) is 1.35. The van der Waals surface area contributed by atoms with Gasteiger partial charge in [0.25, 0.3) is 5.91 Å². The first-order valence-electron chi connectivity index (χ1n) is 5.81. The van der Waals surface area contributed by atoms with Crippen LogP contribution in [0.5, 0.6) is 5.75 Å². The summed E-state index contributed by atoms with van der Waals surface area (Å²) >= 11 is 0. The SMILES string of the molecule is C[C@@H](O)C(=O)N/N=C\c1c(O)ccc2ccccc12. The third kappa shape index (κ3) is 2.89. The van der Waals surface area contributed by atoms with Crippen molar-refractivity contribution in [3.8, 4) is 5.75 Å². The van der Waals surface area contributed by atoms with Gasteiger partial charge in [-0.3, -0.25) is 4.79 Å². The molecule has 0 saturated heterocycles. The molecule has 0 aliphatic carbocycles. The zero-order chi connectivity index (χ0) is 13.8. The fraction of sp³-hybridized carbons (Fsp3) is 0.143. The lowest BCUT2D eigenvalue weighted by atomic mass is 10.0. The summed E-state index contributed by atoms with van der Waals surface area (Å²) < 4.78 is 0. The minimum absolute atomic E-state index is 0.0775. The highest BCUT2D eigenvalue weighted by molar-refractivity contribution is 6.02. The first kappa shape index (κ1) is 13.0. The van der Waals surface area contributed by atoms with Crippen molar-refractivity contribution in [1.82, 2.24) is 5.43 Å². The number of nitrogens with one attached hydrogen (secondary N) is 1. The van der Waals surface area contributed by atoms with Crippen molar-refractivity contribution in [3.05, 3.63) is 42.0 Å². The largest absolute Gasteiger partial charge is 0.507 e. The number of nitrogens with zero attached hydrogens (tertiary/aromatic N) is 1. The summed E-state index contributed by atoms with van der Waals surface area (Å²) in [5.41, 5.74) is 2.71. The van der Waals surface area contributed by atoms with E-state index in [-0.39, 0.29) is 5.75 Å². The fourth-order valence-electron chi connectivity index (χ4n) is 1.67. The van der Waals surface area contributed by atoms with Gasteiger partial charge in [-0.2, -0.15) is 5.10 Å². The number of amides is 1. The second-order valence-electron chi connectivity index (χ2n) is 4.13. The quantitative estimate of drug-likeness (QED) is 0.574. The Bertz CT molecular complexity index is 636. The van der Waals surface area contributed by atoms with Gasteiger partial charge in [-0.1, -0.05) is 30.3 Å². The van der Waals surface area contributed by atoms with Crippen molar-refractivity contribution >= 4 is 22.9 Å². The standard InChI is InChI=1S/C14H14N2O3/c1-9(17)14(19)16-15-8-12-11-5-3-2-4-10(11)6-7-13(12)18/h2-9,17-18H,1H3,(H,16,19)/b15-8-/t9-/m1/s1. The summed E-state index contributed by atoms with van der Waals surface area (Å²) in [4.78, 5) is 11.1. The molecule has 1 atom stereocenters. The zero-order valence-corrected chi connectivity index (χ0v) is 10.4. The van der Waals surface area contributed by atoms with Gasteiger partial charge in [-0.25, -0.2) is 5.43 Å². The predicted octanol–water partition coefficient (Wildman–Crippen LogP) is 1.38. The molecule has 0 radical (unpaired) electrons. The van der Waals surface area contributed by atoms with Crippen molar-refractivity contribution in [3.63, 3.8) is 0 Å². The van der Waals surface area contributed by atoms with Crippen LogP contribution < -0.4 is 5.43 Å². The van der Waals surface area contributed by atoms with Crippen LogP contribution in [-0.4, -0.2) is 28.4 Å². The van der Waals surface area contributed by atoms with Crippen LogP contribution >= 0.6 is 0 Å². The van der Waals surface area contributed by atoms with Gasteiger partial charge >= 0.3 is 0 Å². The molecule has 0 bridgehead atoms. The summed E-state index contributed by atoms with van der Waals surface area (Å²) in [7, 11) is 0. The lowest BCUT2D eigenvalue weighted by Gasteiger charge is -2.05. The van der Waals surface area contributed by atoms with Crippen LogP contribution in [0.25, 0.3) is 10.8 Å². The van der Waals surface area contributed by atoms with Gasteiger partial charge in [0.1, 0.15) is 11.9 Å². The Morgan fingerprint density at radius 1 is 1.32 bits per heavy atom. The van der Waals surface area contributed by atoms with Crippen LogP contribution in [0, 0.1) is 0 Å². The number of rotatable bonds is 3. The van der Waals surface area contributed by atoms with E-state index in [9.17, 15) is 9.90 Å².